The van der Waals surface area contributed by atoms with E-state index in [1.165, 1.54) is 5.56 Å². The minimum absolute atomic E-state index is 0.153. The van der Waals surface area contributed by atoms with Gasteiger partial charge in [0, 0.05) is 40.9 Å². The molecule has 0 aliphatic carbocycles. The van der Waals surface area contributed by atoms with Gasteiger partial charge in [-0.2, -0.15) is 5.10 Å². The van der Waals surface area contributed by atoms with E-state index in [0.717, 1.165) is 45.3 Å². The van der Waals surface area contributed by atoms with Crippen molar-refractivity contribution < 1.29 is 9.53 Å². The van der Waals surface area contributed by atoms with Crippen LogP contribution < -0.4 is 9.64 Å². The number of amides is 1. The number of aromatic amines is 1. The molecular weight excluding hydrogens is 382 g/mol. The number of benzene rings is 2. The Hall–Kier alpha value is -2.73. The summed E-state index contributed by atoms with van der Waals surface area (Å²) >= 11 is 1.80. The monoisotopic (exact) mass is 407 g/mol. The largest absolute Gasteiger partial charge is 0.493 e. The van der Waals surface area contributed by atoms with Crippen LogP contribution in [0.3, 0.4) is 0 Å². The number of thioether (sulfide) groups is 1. The summed E-state index contributed by atoms with van der Waals surface area (Å²) in [6.45, 7) is 5.43. The number of aryl methyl sites for hydroxylation is 1. The number of carbonyl (C=O) groups excluding carboxylic acids is 1. The first-order valence-corrected chi connectivity index (χ1v) is 10.9. The van der Waals surface area contributed by atoms with Gasteiger partial charge in [0.1, 0.15) is 5.75 Å². The summed E-state index contributed by atoms with van der Waals surface area (Å²) in [5.41, 5.74) is 5.55. The molecule has 2 heterocycles. The fraction of sp³-hybridized carbons (Fsp3) is 0.304. The van der Waals surface area contributed by atoms with Gasteiger partial charge in [-0.15, -0.1) is 11.8 Å². The third-order valence-electron chi connectivity index (χ3n) is 5.30. The lowest BCUT2D eigenvalue weighted by molar-refractivity contribution is -0.118. The maximum Gasteiger partial charge on any atom is 0.227 e. The summed E-state index contributed by atoms with van der Waals surface area (Å²) in [6.07, 6.45) is 4.89. The molecule has 5 nitrogen and oxygen atoms in total. The van der Waals surface area contributed by atoms with Crippen LogP contribution in [0, 0.1) is 13.8 Å². The maximum absolute atomic E-state index is 12.9. The van der Waals surface area contributed by atoms with E-state index in [4.69, 9.17) is 4.74 Å². The Balaban J connectivity index is 1.40. The van der Waals surface area contributed by atoms with E-state index in [-0.39, 0.29) is 5.91 Å². The van der Waals surface area contributed by atoms with E-state index in [2.05, 4.69) is 36.2 Å². The molecule has 0 saturated carbocycles. The summed E-state index contributed by atoms with van der Waals surface area (Å²) in [5.74, 6) is 1.95. The van der Waals surface area contributed by atoms with Crippen LogP contribution in [0.5, 0.6) is 5.75 Å². The van der Waals surface area contributed by atoms with Crippen molar-refractivity contribution in [3.63, 3.8) is 0 Å². The third-order valence-corrected chi connectivity index (χ3v) is 6.41. The zero-order chi connectivity index (χ0) is 20.2. The van der Waals surface area contributed by atoms with Crippen molar-refractivity contribution in [1.82, 2.24) is 10.2 Å². The normalized spacial score (nSPS) is 13.2. The van der Waals surface area contributed by atoms with E-state index >= 15 is 0 Å². The Morgan fingerprint density at radius 1 is 1.24 bits per heavy atom. The van der Waals surface area contributed by atoms with Gasteiger partial charge in [-0.05, 0) is 43.5 Å². The van der Waals surface area contributed by atoms with Crippen molar-refractivity contribution in [3.05, 3.63) is 59.9 Å². The van der Waals surface area contributed by atoms with Crippen molar-refractivity contribution >= 4 is 23.4 Å². The SMILES string of the molecule is Cc1cccc(OCCCC(=O)N2CCSc3c(-c4cn[nH]c4)cccc32)c1C. The van der Waals surface area contributed by atoms with Crippen LogP contribution in [-0.2, 0) is 4.79 Å². The second kappa shape index (κ2) is 8.74. The standard InChI is InChI=1S/C23H25N3O2S/c1-16-6-3-9-21(17(16)2)28-12-5-10-22(27)26-11-13-29-23-19(7-4-8-20(23)26)18-14-24-25-15-18/h3-4,6-9,14-15H,5,10-13H2,1-2H3,(H,24,25). The molecule has 29 heavy (non-hydrogen) atoms. The molecule has 0 bridgehead atoms. The summed E-state index contributed by atoms with van der Waals surface area (Å²) in [7, 11) is 0. The zero-order valence-corrected chi connectivity index (χ0v) is 17.6. The fourth-order valence-electron chi connectivity index (χ4n) is 3.55. The smallest absolute Gasteiger partial charge is 0.227 e. The second-order valence-corrected chi connectivity index (χ2v) is 8.29. The Kier molecular flexibility index (Phi) is 5.90. The second-order valence-electron chi connectivity index (χ2n) is 7.18. The van der Waals surface area contributed by atoms with Gasteiger partial charge in [0.2, 0.25) is 5.91 Å². The minimum atomic E-state index is 0.153. The van der Waals surface area contributed by atoms with Gasteiger partial charge in [-0.3, -0.25) is 9.89 Å². The number of nitrogens with one attached hydrogen (secondary N) is 1. The first kappa shape index (κ1) is 19.6. The van der Waals surface area contributed by atoms with Crippen molar-refractivity contribution in [3.8, 4) is 16.9 Å². The van der Waals surface area contributed by atoms with Crippen LogP contribution in [0.25, 0.3) is 11.1 Å². The predicted octanol–water partition coefficient (Wildman–Crippen LogP) is 4.99. The van der Waals surface area contributed by atoms with E-state index in [9.17, 15) is 4.79 Å². The topological polar surface area (TPSA) is 58.2 Å². The van der Waals surface area contributed by atoms with Gasteiger partial charge < -0.3 is 9.64 Å². The van der Waals surface area contributed by atoms with Crippen molar-refractivity contribution in [1.29, 1.82) is 0 Å². The lowest BCUT2D eigenvalue weighted by Gasteiger charge is -2.30. The highest BCUT2D eigenvalue weighted by Crippen LogP contribution is 2.41. The van der Waals surface area contributed by atoms with Crippen LogP contribution >= 0.6 is 11.8 Å². The average molecular weight is 408 g/mol. The molecule has 0 radical (unpaired) electrons. The summed E-state index contributed by atoms with van der Waals surface area (Å²) in [4.78, 5) is 16.0. The Morgan fingerprint density at radius 2 is 2.10 bits per heavy atom. The molecule has 0 atom stereocenters. The van der Waals surface area contributed by atoms with Gasteiger partial charge in [-0.1, -0.05) is 24.3 Å². The van der Waals surface area contributed by atoms with Crippen LogP contribution in [0.2, 0.25) is 0 Å². The number of carbonyl (C=O) groups is 1. The minimum Gasteiger partial charge on any atom is -0.493 e. The van der Waals surface area contributed by atoms with Crippen molar-refractivity contribution in [2.45, 2.75) is 31.6 Å². The number of anilines is 1. The lowest BCUT2D eigenvalue weighted by atomic mass is 10.1. The molecule has 3 aromatic rings. The number of hydrogen-bond acceptors (Lipinski definition) is 4. The molecule has 1 aromatic heterocycles. The highest BCUT2D eigenvalue weighted by molar-refractivity contribution is 7.99. The Labute approximate surface area is 175 Å². The van der Waals surface area contributed by atoms with Crippen molar-refractivity contribution in [2.75, 3.05) is 23.8 Å². The number of hydrogen-bond donors (Lipinski definition) is 1. The number of fused-ring (bicyclic) bond motifs is 1. The van der Waals surface area contributed by atoms with E-state index in [0.29, 0.717) is 19.4 Å². The maximum atomic E-state index is 12.9. The van der Waals surface area contributed by atoms with Gasteiger partial charge in [-0.25, -0.2) is 0 Å². The quantitative estimate of drug-likeness (QED) is 0.585. The molecule has 1 aliphatic rings. The summed E-state index contributed by atoms with van der Waals surface area (Å²) in [5, 5.41) is 6.93. The van der Waals surface area contributed by atoms with Gasteiger partial charge in [0.05, 0.1) is 18.5 Å². The fourth-order valence-corrected chi connectivity index (χ4v) is 4.70. The molecule has 0 spiro atoms. The first-order valence-electron chi connectivity index (χ1n) is 9.89. The highest BCUT2D eigenvalue weighted by Gasteiger charge is 2.25. The molecule has 1 N–H and O–H groups in total. The lowest BCUT2D eigenvalue weighted by Crippen LogP contribution is -2.35. The molecule has 0 unspecified atom stereocenters. The number of rotatable bonds is 6. The van der Waals surface area contributed by atoms with Crippen LogP contribution in [0.1, 0.15) is 24.0 Å². The van der Waals surface area contributed by atoms with E-state index < -0.39 is 0 Å². The Bertz CT molecular complexity index is 1000. The van der Waals surface area contributed by atoms with Gasteiger partial charge >= 0.3 is 0 Å². The summed E-state index contributed by atoms with van der Waals surface area (Å²) in [6, 6.07) is 12.2. The number of nitrogens with zero attached hydrogens (tertiary/aromatic N) is 2. The molecule has 6 heteroatoms. The molecule has 150 valence electrons. The molecule has 4 rings (SSSR count). The first-order chi connectivity index (χ1) is 14.1. The number of aromatic nitrogens is 2. The number of H-pyrrole nitrogens is 1. The average Bonchev–Trinajstić information content (AvgIpc) is 3.27. The van der Waals surface area contributed by atoms with E-state index in [1.807, 2.05) is 41.6 Å². The van der Waals surface area contributed by atoms with Gasteiger partial charge in [0.25, 0.3) is 0 Å². The molecule has 0 fully saturated rings. The van der Waals surface area contributed by atoms with Crippen LogP contribution in [0.15, 0.2) is 53.7 Å². The zero-order valence-electron chi connectivity index (χ0n) is 16.8. The number of ether oxygens (including phenoxy) is 1. The Morgan fingerprint density at radius 3 is 2.93 bits per heavy atom. The third kappa shape index (κ3) is 4.17. The van der Waals surface area contributed by atoms with Crippen LogP contribution in [0.4, 0.5) is 5.69 Å². The molecular formula is C23H25N3O2S. The molecule has 1 aliphatic heterocycles. The molecule has 0 saturated heterocycles. The molecule has 1 amide bonds. The molecule has 2 aromatic carbocycles. The van der Waals surface area contributed by atoms with Crippen molar-refractivity contribution in [2.24, 2.45) is 0 Å². The predicted molar refractivity (Wildman–Crippen MR) is 118 cm³/mol. The summed E-state index contributed by atoms with van der Waals surface area (Å²) < 4.78 is 5.91. The van der Waals surface area contributed by atoms with Gasteiger partial charge in [0.15, 0.2) is 0 Å². The highest BCUT2D eigenvalue weighted by atomic mass is 32.2. The van der Waals surface area contributed by atoms with Crippen LogP contribution in [-0.4, -0.2) is 35.0 Å². The van der Waals surface area contributed by atoms with E-state index in [1.54, 1.807) is 11.8 Å².